The van der Waals surface area contributed by atoms with Crippen LogP contribution in [0, 0.1) is 23.0 Å². The van der Waals surface area contributed by atoms with E-state index in [1.54, 1.807) is 51.5 Å². The average Bonchev–Trinajstić information content (AvgIpc) is 2.90. The quantitative estimate of drug-likeness (QED) is 0.185. The predicted molar refractivity (Wildman–Crippen MR) is 147 cm³/mol. The average molecular weight is 538 g/mol. The van der Waals surface area contributed by atoms with E-state index in [0.717, 1.165) is 6.07 Å². The number of nitrogens with one attached hydrogen (secondary N) is 3. The molecule has 0 heterocycles. The molecule has 0 bridgehead atoms. The summed E-state index contributed by atoms with van der Waals surface area (Å²) in [5, 5.41) is 18.6. The molecule has 0 spiro atoms. The third kappa shape index (κ3) is 6.32. The summed E-state index contributed by atoms with van der Waals surface area (Å²) < 4.78 is 27.6. The number of carbonyl (C=O) groups excluding carboxylic acids is 1. The monoisotopic (exact) mass is 537 g/mol. The number of carbonyl (C=O) groups is 1. The lowest BCUT2D eigenvalue weighted by Gasteiger charge is -2.20. The SMILES string of the molecule is CN=C(N)c1c(Cl)ccc(-c2ccc(C#N)cc2N=C(NC=O)C(Cc2cc(F)cc(F)c2)NC)c1NC. The van der Waals surface area contributed by atoms with Crippen LogP contribution in [-0.2, 0) is 11.2 Å². The van der Waals surface area contributed by atoms with Crippen LogP contribution in [0.1, 0.15) is 16.7 Å². The zero-order chi connectivity index (χ0) is 27.8. The Labute approximate surface area is 224 Å². The van der Waals surface area contributed by atoms with Crippen molar-refractivity contribution in [2.45, 2.75) is 12.5 Å². The Morgan fingerprint density at radius 3 is 2.39 bits per heavy atom. The summed E-state index contributed by atoms with van der Waals surface area (Å²) >= 11 is 6.43. The Morgan fingerprint density at radius 1 is 1.13 bits per heavy atom. The van der Waals surface area contributed by atoms with Gasteiger partial charge >= 0.3 is 0 Å². The van der Waals surface area contributed by atoms with E-state index in [1.165, 1.54) is 12.1 Å². The van der Waals surface area contributed by atoms with Gasteiger partial charge in [-0.05, 0) is 49.4 Å². The van der Waals surface area contributed by atoms with Crippen molar-refractivity contribution in [3.8, 4) is 17.2 Å². The van der Waals surface area contributed by atoms with E-state index in [4.69, 9.17) is 17.3 Å². The normalized spacial score (nSPS) is 12.6. The van der Waals surface area contributed by atoms with E-state index in [1.807, 2.05) is 0 Å². The molecule has 1 atom stereocenters. The number of benzene rings is 3. The predicted octanol–water partition coefficient (Wildman–Crippen LogP) is 4.14. The molecular formula is C27H26ClF2N7O. The van der Waals surface area contributed by atoms with E-state index in [0.29, 0.717) is 50.6 Å². The maximum Gasteiger partial charge on any atom is 0.212 e. The summed E-state index contributed by atoms with van der Waals surface area (Å²) in [5.41, 5.74) is 9.54. The van der Waals surface area contributed by atoms with Gasteiger partial charge in [0.2, 0.25) is 6.41 Å². The fraction of sp³-hybridized carbons (Fsp3) is 0.185. The number of nitrogens with zero attached hydrogens (tertiary/aromatic N) is 3. The highest BCUT2D eigenvalue weighted by molar-refractivity contribution is 6.35. The molecule has 38 heavy (non-hydrogen) atoms. The molecule has 0 saturated heterocycles. The first kappa shape index (κ1) is 28.2. The second-order valence-corrected chi connectivity index (χ2v) is 8.54. The van der Waals surface area contributed by atoms with Crippen LogP contribution in [-0.4, -0.2) is 45.3 Å². The number of rotatable bonds is 9. The molecule has 0 saturated carbocycles. The van der Waals surface area contributed by atoms with Gasteiger partial charge in [-0.3, -0.25) is 9.79 Å². The molecule has 3 aromatic carbocycles. The highest BCUT2D eigenvalue weighted by Crippen LogP contribution is 2.40. The van der Waals surface area contributed by atoms with Gasteiger partial charge in [0, 0.05) is 31.3 Å². The molecule has 0 fully saturated rings. The molecule has 1 amide bonds. The van der Waals surface area contributed by atoms with Gasteiger partial charge in [-0.25, -0.2) is 13.8 Å². The van der Waals surface area contributed by atoms with E-state index in [9.17, 15) is 18.8 Å². The van der Waals surface area contributed by atoms with Crippen LogP contribution in [0.4, 0.5) is 20.2 Å². The third-order valence-corrected chi connectivity index (χ3v) is 6.12. The Balaban J connectivity index is 2.22. The van der Waals surface area contributed by atoms with Crippen molar-refractivity contribution < 1.29 is 13.6 Å². The summed E-state index contributed by atoms with van der Waals surface area (Å²) in [6.07, 6.45) is 0.579. The molecule has 0 aliphatic rings. The lowest BCUT2D eigenvalue weighted by atomic mass is 9.96. The number of nitriles is 1. The first-order valence-electron chi connectivity index (χ1n) is 11.4. The van der Waals surface area contributed by atoms with E-state index >= 15 is 0 Å². The minimum atomic E-state index is -0.714. The molecule has 11 heteroatoms. The summed E-state index contributed by atoms with van der Waals surface area (Å²) in [5.74, 6) is -1.03. The highest BCUT2D eigenvalue weighted by atomic mass is 35.5. The second kappa shape index (κ2) is 12.8. The lowest BCUT2D eigenvalue weighted by molar-refractivity contribution is -0.108. The Bertz CT molecular complexity index is 1430. The van der Waals surface area contributed by atoms with Crippen molar-refractivity contribution in [3.63, 3.8) is 0 Å². The Kier molecular flexibility index (Phi) is 9.49. The maximum absolute atomic E-state index is 13.8. The molecule has 0 aliphatic carbocycles. The van der Waals surface area contributed by atoms with Gasteiger partial charge in [0.05, 0.1) is 39.6 Å². The summed E-state index contributed by atoms with van der Waals surface area (Å²) in [7, 11) is 4.89. The largest absolute Gasteiger partial charge is 0.387 e. The summed E-state index contributed by atoms with van der Waals surface area (Å²) in [6, 6.07) is 13.0. The van der Waals surface area contributed by atoms with Crippen molar-refractivity contribution >= 4 is 41.1 Å². The van der Waals surface area contributed by atoms with E-state index in [-0.39, 0.29) is 18.1 Å². The van der Waals surface area contributed by atoms with Crippen LogP contribution in [0.3, 0.4) is 0 Å². The first-order chi connectivity index (χ1) is 18.3. The Hall–Kier alpha value is -4.33. The van der Waals surface area contributed by atoms with Gasteiger partial charge in [0.15, 0.2) is 0 Å². The topological polar surface area (TPSA) is 128 Å². The van der Waals surface area contributed by atoms with Gasteiger partial charge in [0.1, 0.15) is 23.3 Å². The number of anilines is 1. The maximum atomic E-state index is 13.8. The van der Waals surface area contributed by atoms with Crippen molar-refractivity contribution in [1.29, 1.82) is 5.26 Å². The van der Waals surface area contributed by atoms with Gasteiger partial charge in [-0.15, -0.1) is 0 Å². The van der Waals surface area contributed by atoms with Gasteiger partial charge in [0.25, 0.3) is 0 Å². The van der Waals surface area contributed by atoms with Crippen LogP contribution in [0.2, 0.25) is 5.02 Å². The first-order valence-corrected chi connectivity index (χ1v) is 11.8. The number of hydrogen-bond acceptors (Lipinski definition) is 6. The zero-order valence-corrected chi connectivity index (χ0v) is 21.7. The minimum absolute atomic E-state index is 0.120. The van der Waals surface area contributed by atoms with Crippen LogP contribution in [0.25, 0.3) is 11.1 Å². The minimum Gasteiger partial charge on any atom is -0.387 e. The molecule has 3 aromatic rings. The molecule has 5 N–H and O–H groups in total. The number of aliphatic imine (C=N–C) groups is 2. The number of nitrogens with two attached hydrogens (primary N) is 1. The molecule has 196 valence electrons. The second-order valence-electron chi connectivity index (χ2n) is 8.13. The van der Waals surface area contributed by atoms with Crippen LogP contribution >= 0.6 is 11.6 Å². The highest BCUT2D eigenvalue weighted by Gasteiger charge is 2.20. The van der Waals surface area contributed by atoms with Crippen molar-refractivity contribution in [1.82, 2.24) is 10.6 Å². The van der Waals surface area contributed by atoms with Gasteiger partial charge in [-0.2, -0.15) is 5.26 Å². The number of halogens is 3. The summed E-state index contributed by atoms with van der Waals surface area (Å²) in [4.78, 5) is 20.3. The molecule has 8 nitrogen and oxygen atoms in total. The Morgan fingerprint density at radius 2 is 1.82 bits per heavy atom. The van der Waals surface area contributed by atoms with E-state index in [2.05, 4.69) is 32.0 Å². The molecule has 3 rings (SSSR count). The number of amidine groups is 2. The summed E-state index contributed by atoms with van der Waals surface area (Å²) in [6.45, 7) is 0. The van der Waals surface area contributed by atoms with Crippen molar-refractivity contribution in [2.24, 2.45) is 15.7 Å². The van der Waals surface area contributed by atoms with Crippen LogP contribution in [0.15, 0.2) is 58.5 Å². The number of hydrogen-bond donors (Lipinski definition) is 4. The molecule has 0 aliphatic heterocycles. The van der Waals surface area contributed by atoms with Crippen LogP contribution < -0.4 is 21.7 Å². The van der Waals surface area contributed by atoms with Crippen LogP contribution in [0.5, 0.6) is 0 Å². The van der Waals surface area contributed by atoms with Gasteiger partial charge < -0.3 is 21.7 Å². The van der Waals surface area contributed by atoms with E-state index < -0.39 is 17.7 Å². The van der Waals surface area contributed by atoms with Crippen molar-refractivity contribution in [2.75, 3.05) is 26.5 Å². The number of amides is 1. The fourth-order valence-corrected chi connectivity index (χ4v) is 4.30. The molecular weight excluding hydrogens is 512 g/mol. The smallest absolute Gasteiger partial charge is 0.212 e. The lowest BCUT2D eigenvalue weighted by Crippen LogP contribution is -2.43. The van der Waals surface area contributed by atoms with Crippen molar-refractivity contribution in [3.05, 3.63) is 81.9 Å². The fourth-order valence-electron chi connectivity index (χ4n) is 4.05. The molecule has 1 unspecified atom stereocenters. The number of likely N-dealkylation sites (N-methyl/N-ethyl adjacent to an activating group) is 1. The standard InChI is InChI=1S/C27H26ClF2N7O/c1-33-23(11-16-8-17(29)12-18(30)9-16)27(36-14-38)37-22-10-15(13-31)4-5-19(22)20-6-7-21(28)24(25(20)34-2)26(32)35-3/h4-10,12,14,23,33-34H,11H2,1-3H3,(H2,32,35)(H,36,37,38). The molecule has 0 radical (unpaired) electrons. The third-order valence-electron chi connectivity index (χ3n) is 5.81. The molecule has 0 aromatic heterocycles. The van der Waals surface area contributed by atoms with Gasteiger partial charge in [-0.1, -0.05) is 23.7 Å². The zero-order valence-electron chi connectivity index (χ0n) is 20.9.